The van der Waals surface area contributed by atoms with Crippen LogP contribution in [0.4, 0.5) is 0 Å². The molecule has 1 aliphatic rings. The third-order valence-electron chi connectivity index (χ3n) is 3.92. The molecular formula is C14H30N2. The van der Waals surface area contributed by atoms with Gasteiger partial charge in [0.15, 0.2) is 0 Å². The van der Waals surface area contributed by atoms with E-state index in [9.17, 15) is 0 Å². The molecule has 1 N–H and O–H groups in total. The van der Waals surface area contributed by atoms with Crippen LogP contribution in [0.2, 0.25) is 0 Å². The molecule has 0 aromatic rings. The highest BCUT2D eigenvalue weighted by molar-refractivity contribution is 4.78. The highest BCUT2D eigenvalue weighted by Gasteiger charge is 2.24. The van der Waals surface area contributed by atoms with Gasteiger partial charge in [-0.25, -0.2) is 0 Å². The van der Waals surface area contributed by atoms with Gasteiger partial charge in [-0.05, 0) is 58.2 Å². The van der Waals surface area contributed by atoms with E-state index < -0.39 is 0 Å². The van der Waals surface area contributed by atoms with Crippen molar-refractivity contribution in [1.82, 2.24) is 10.2 Å². The molecule has 0 aromatic carbocycles. The molecule has 2 unspecified atom stereocenters. The van der Waals surface area contributed by atoms with Crippen LogP contribution in [-0.4, -0.2) is 37.1 Å². The molecule has 0 amide bonds. The topological polar surface area (TPSA) is 15.3 Å². The summed E-state index contributed by atoms with van der Waals surface area (Å²) in [5.74, 6) is 0.973. The Morgan fingerprint density at radius 2 is 2.12 bits per heavy atom. The molecule has 96 valence electrons. The Labute approximate surface area is 102 Å². The summed E-state index contributed by atoms with van der Waals surface area (Å²) in [5, 5.41) is 3.48. The second kappa shape index (κ2) is 8.08. The lowest BCUT2D eigenvalue weighted by Crippen LogP contribution is -2.31. The number of hydrogen-bond acceptors (Lipinski definition) is 2. The molecule has 0 aromatic heterocycles. The van der Waals surface area contributed by atoms with Crippen molar-refractivity contribution >= 4 is 0 Å². The first-order chi connectivity index (χ1) is 7.77. The Balaban J connectivity index is 2.04. The summed E-state index contributed by atoms with van der Waals surface area (Å²) in [6.07, 6.45) is 6.72. The van der Waals surface area contributed by atoms with E-state index in [0.29, 0.717) is 0 Å². The summed E-state index contributed by atoms with van der Waals surface area (Å²) in [7, 11) is 0. The van der Waals surface area contributed by atoms with Gasteiger partial charge in [0.25, 0.3) is 0 Å². The van der Waals surface area contributed by atoms with Crippen LogP contribution in [-0.2, 0) is 0 Å². The summed E-state index contributed by atoms with van der Waals surface area (Å²) < 4.78 is 0. The molecule has 1 aliphatic heterocycles. The molecule has 2 atom stereocenters. The molecule has 1 saturated heterocycles. The van der Waals surface area contributed by atoms with Gasteiger partial charge in [0.1, 0.15) is 0 Å². The van der Waals surface area contributed by atoms with Gasteiger partial charge in [0, 0.05) is 12.6 Å². The molecule has 0 bridgehead atoms. The molecule has 0 spiro atoms. The van der Waals surface area contributed by atoms with E-state index in [2.05, 4.69) is 31.0 Å². The third-order valence-corrected chi connectivity index (χ3v) is 3.92. The normalized spacial score (nSPS) is 23.8. The van der Waals surface area contributed by atoms with Crippen LogP contribution >= 0.6 is 0 Å². The number of hydrogen-bond donors (Lipinski definition) is 1. The van der Waals surface area contributed by atoms with Gasteiger partial charge < -0.3 is 10.2 Å². The fraction of sp³-hybridized carbons (Fsp3) is 1.00. The summed E-state index contributed by atoms with van der Waals surface area (Å²) >= 11 is 0. The molecule has 0 radical (unpaired) electrons. The van der Waals surface area contributed by atoms with Gasteiger partial charge in [-0.15, -0.1) is 0 Å². The van der Waals surface area contributed by atoms with E-state index in [4.69, 9.17) is 0 Å². The van der Waals surface area contributed by atoms with E-state index in [-0.39, 0.29) is 0 Å². The second-order valence-corrected chi connectivity index (χ2v) is 5.30. The summed E-state index contributed by atoms with van der Waals surface area (Å²) in [4.78, 5) is 2.69. The molecule has 2 heteroatoms. The predicted molar refractivity (Wildman–Crippen MR) is 71.8 cm³/mol. The molecule has 2 nitrogen and oxygen atoms in total. The maximum absolute atomic E-state index is 3.48. The Hall–Kier alpha value is -0.0800. The highest BCUT2D eigenvalue weighted by Crippen LogP contribution is 2.22. The number of rotatable bonds is 8. The minimum absolute atomic E-state index is 0.792. The van der Waals surface area contributed by atoms with Crippen molar-refractivity contribution in [2.75, 3.05) is 26.2 Å². The van der Waals surface area contributed by atoms with Crippen LogP contribution in [0.25, 0.3) is 0 Å². The molecule has 16 heavy (non-hydrogen) atoms. The van der Waals surface area contributed by atoms with Crippen molar-refractivity contribution in [2.24, 2.45) is 5.92 Å². The lowest BCUT2D eigenvalue weighted by atomic mass is 10.1. The Bertz CT molecular complexity index is 170. The van der Waals surface area contributed by atoms with Crippen molar-refractivity contribution in [2.45, 2.75) is 58.9 Å². The van der Waals surface area contributed by atoms with Gasteiger partial charge >= 0.3 is 0 Å². The highest BCUT2D eigenvalue weighted by atomic mass is 15.2. The standard InChI is InChI=1S/C14H30N2/c1-4-9-15-10-6-7-13(3)16-11-8-14(5-2)12-16/h13-15H,4-12H2,1-3H3. The van der Waals surface area contributed by atoms with Crippen molar-refractivity contribution in [3.05, 3.63) is 0 Å². The molecule has 1 heterocycles. The van der Waals surface area contributed by atoms with Crippen LogP contribution < -0.4 is 5.32 Å². The van der Waals surface area contributed by atoms with Crippen LogP contribution in [0.5, 0.6) is 0 Å². The first-order valence-electron chi connectivity index (χ1n) is 7.22. The number of nitrogens with one attached hydrogen (secondary N) is 1. The quantitative estimate of drug-likeness (QED) is 0.640. The lowest BCUT2D eigenvalue weighted by Gasteiger charge is -2.24. The summed E-state index contributed by atoms with van der Waals surface area (Å²) in [5.41, 5.74) is 0. The molecular weight excluding hydrogens is 196 g/mol. The first kappa shape index (κ1) is 14.0. The molecule has 0 aliphatic carbocycles. The van der Waals surface area contributed by atoms with E-state index in [1.165, 1.54) is 58.3 Å². The largest absolute Gasteiger partial charge is 0.317 e. The van der Waals surface area contributed by atoms with E-state index in [0.717, 1.165) is 12.0 Å². The lowest BCUT2D eigenvalue weighted by molar-refractivity contribution is 0.233. The van der Waals surface area contributed by atoms with Crippen LogP contribution in [0.3, 0.4) is 0 Å². The van der Waals surface area contributed by atoms with Gasteiger partial charge in [-0.1, -0.05) is 20.3 Å². The second-order valence-electron chi connectivity index (χ2n) is 5.30. The first-order valence-corrected chi connectivity index (χ1v) is 7.22. The van der Waals surface area contributed by atoms with Crippen LogP contribution in [0.1, 0.15) is 52.9 Å². The minimum atomic E-state index is 0.792. The van der Waals surface area contributed by atoms with Crippen molar-refractivity contribution in [3.8, 4) is 0 Å². The third kappa shape index (κ3) is 4.84. The van der Waals surface area contributed by atoms with Gasteiger partial charge in [-0.2, -0.15) is 0 Å². The average molecular weight is 226 g/mol. The van der Waals surface area contributed by atoms with Crippen molar-refractivity contribution in [3.63, 3.8) is 0 Å². The van der Waals surface area contributed by atoms with Crippen molar-refractivity contribution in [1.29, 1.82) is 0 Å². The Morgan fingerprint density at radius 3 is 2.75 bits per heavy atom. The van der Waals surface area contributed by atoms with E-state index in [1.807, 2.05) is 0 Å². The van der Waals surface area contributed by atoms with Crippen LogP contribution in [0, 0.1) is 5.92 Å². The van der Waals surface area contributed by atoms with Gasteiger partial charge in [0.2, 0.25) is 0 Å². The zero-order valence-electron chi connectivity index (χ0n) is 11.5. The fourth-order valence-corrected chi connectivity index (χ4v) is 2.60. The smallest absolute Gasteiger partial charge is 0.00675 e. The fourth-order valence-electron chi connectivity index (χ4n) is 2.60. The molecule has 1 fully saturated rings. The summed E-state index contributed by atoms with van der Waals surface area (Å²) in [6, 6.07) is 0.792. The number of nitrogens with zero attached hydrogens (tertiary/aromatic N) is 1. The predicted octanol–water partition coefficient (Wildman–Crippen LogP) is 2.89. The molecule has 0 saturated carbocycles. The zero-order chi connectivity index (χ0) is 11.8. The minimum Gasteiger partial charge on any atom is -0.317 e. The maximum atomic E-state index is 3.48. The van der Waals surface area contributed by atoms with E-state index >= 15 is 0 Å². The number of likely N-dealkylation sites (tertiary alicyclic amines) is 1. The monoisotopic (exact) mass is 226 g/mol. The van der Waals surface area contributed by atoms with E-state index in [1.54, 1.807) is 0 Å². The van der Waals surface area contributed by atoms with Gasteiger partial charge in [-0.3, -0.25) is 0 Å². The SMILES string of the molecule is CCCNCCCC(C)N1CCC(CC)C1. The summed E-state index contributed by atoms with van der Waals surface area (Å²) in [6.45, 7) is 12.0. The van der Waals surface area contributed by atoms with Crippen molar-refractivity contribution < 1.29 is 0 Å². The average Bonchev–Trinajstić information content (AvgIpc) is 2.77. The van der Waals surface area contributed by atoms with Crippen LogP contribution in [0.15, 0.2) is 0 Å². The molecule has 1 rings (SSSR count). The zero-order valence-corrected chi connectivity index (χ0v) is 11.5. The van der Waals surface area contributed by atoms with Gasteiger partial charge in [0.05, 0.1) is 0 Å². The maximum Gasteiger partial charge on any atom is 0.00675 e. The Morgan fingerprint density at radius 1 is 1.31 bits per heavy atom. The Kier molecular flexibility index (Phi) is 7.06.